The molecule has 0 atom stereocenters. The van der Waals surface area contributed by atoms with E-state index in [-0.39, 0.29) is 5.02 Å². The first kappa shape index (κ1) is 16.3. The Morgan fingerprint density at radius 2 is 2.17 bits per heavy atom. The molecule has 0 fully saturated rings. The van der Waals surface area contributed by atoms with Crippen molar-refractivity contribution in [3.63, 3.8) is 0 Å². The van der Waals surface area contributed by atoms with Crippen LogP contribution in [0.4, 0.5) is 4.39 Å². The number of nitrogens with one attached hydrogen (secondary N) is 1. The summed E-state index contributed by atoms with van der Waals surface area (Å²) in [6.45, 7) is 2.41. The summed E-state index contributed by atoms with van der Waals surface area (Å²) in [4.78, 5) is 7.47. The van der Waals surface area contributed by atoms with Crippen LogP contribution in [0.5, 0.6) is 5.75 Å². The van der Waals surface area contributed by atoms with Crippen molar-refractivity contribution < 1.29 is 9.13 Å². The molecule has 2 aromatic heterocycles. The van der Waals surface area contributed by atoms with Crippen molar-refractivity contribution in [3.8, 4) is 5.75 Å². The van der Waals surface area contributed by atoms with E-state index in [2.05, 4.69) is 25.9 Å². The van der Waals surface area contributed by atoms with Crippen LogP contribution in [0, 0.1) is 5.82 Å². The molecule has 3 aromatic rings. The molecule has 1 N–H and O–H groups in total. The molecule has 23 heavy (non-hydrogen) atoms. The third kappa shape index (κ3) is 3.35. The molecule has 0 bridgehead atoms. The van der Waals surface area contributed by atoms with Crippen LogP contribution < -0.4 is 4.74 Å². The molecule has 3 nitrogen and oxygen atoms in total. The van der Waals surface area contributed by atoms with Crippen molar-refractivity contribution in [2.24, 2.45) is 0 Å². The fourth-order valence-electron chi connectivity index (χ4n) is 2.60. The fourth-order valence-corrected chi connectivity index (χ4v) is 3.18. The second-order valence-corrected chi connectivity index (χ2v) is 6.43. The molecule has 0 aliphatic carbocycles. The largest absolute Gasteiger partial charge is 0.494 e. The van der Waals surface area contributed by atoms with Crippen LogP contribution in [0.1, 0.15) is 18.1 Å². The summed E-state index contributed by atoms with van der Waals surface area (Å²) in [5.74, 6) is 0.214. The zero-order chi connectivity index (χ0) is 16.4. The smallest absolute Gasteiger partial charge is 0.142 e. The lowest BCUT2D eigenvalue weighted by Crippen LogP contribution is -2.01. The predicted molar refractivity (Wildman–Crippen MR) is 93.8 cm³/mol. The number of hydrogen-bond acceptors (Lipinski definition) is 2. The van der Waals surface area contributed by atoms with Gasteiger partial charge in [0, 0.05) is 27.8 Å². The summed E-state index contributed by atoms with van der Waals surface area (Å²) in [5, 5.41) is 1.18. The maximum atomic E-state index is 13.8. The van der Waals surface area contributed by atoms with Gasteiger partial charge in [0.1, 0.15) is 17.2 Å². The van der Waals surface area contributed by atoms with Crippen molar-refractivity contribution in [3.05, 3.63) is 57.0 Å². The molecular formula is C17H15BrClFN2O. The third-order valence-corrected chi connectivity index (χ3v) is 4.52. The lowest BCUT2D eigenvalue weighted by Gasteiger charge is -2.12. The fraction of sp³-hybridized carbons (Fsp3) is 0.235. The number of aryl methyl sites for hydroxylation is 1. The standard InChI is InChI=1S/C17H15BrClFN2O/c1-2-23-15-6-5-14(20)16(19)12(15)4-3-10-8-21-17-13(10)7-11(18)9-22-17/h5-9H,2-4H2,1H3,(H,21,22). The molecule has 0 amide bonds. The van der Waals surface area contributed by atoms with E-state index >= 15 is 0 Å². The number of H-pyrrole nitrogens is 1. The van der Waals surface area contributed by atoms with E-state index in [0.717, 1.165) is 21.1 Å². The first-order valence-electron chi connectivity index (χ1n) is 7.31. The van der Waals surface area contributed by atoms with Gasteiger partial charge in [-0.25, -0.2) is 9.37 Å². The third-order valence-electron chi connectivity index (χ3n) is 3.68. The molecule has 120 valence electrons. The summed E-state index contributed by atoms with van der Waals surface area (Å²) in [7, 11) is 0. The minimum Gasteiger partial charge on any atom is -0.494 e. The molecule has 0 saturated heterocycles. The molecular weight excluding hydrogens is 383 g/mol. The van der Waals surface area contributed by atoms with Crippen LogP contribution in [0.2, 0.25) is 5.02 Å². The predicted octanol–water partition coefficient (Wildman–Crippen LogP) is 5.30. The van der Waals surface area contributed by atoms with Gasteiger partial charge in [0.25, 0.3) is 0 Å². The maximum absolute atomic E-state index is 13.8. The second-order valence-electron chi connectivity index (χ2n) is 5.13. The SMILES string of the molecule is CCOc1ccc(F)c(Cl)c1CCc1c[nH]c2ncc(Br)cc12. The van der Waals surface area contributed by atoms with Crippen molar-refractivity contribution in [2.45, 2.75) is 19.8 Å². The highest BCUT2D eigenvalue weighted by Gasteiger charge is 2.14. The van der Waals surface area contributed by atoms with Gasteiger partial charge in [-0.1, -0.05) is 11.6 Å². The van der Waals surface area contributed by atoms with Gasteiger partial charge < -0.3 is 9.72 Å². The van der Waals surface area contributed by atoms with Gasteiger partial charge in [-0.05, 0) is 59.5 Å². The zero-order valence-electron chi connectivity index (χ0n) is 12.5. The minimum absolute atomic E-state index is 0.134. The minimum atomic E-state index is -0.423. The lowest BCUT2D eigenvalue weighted by molar-refractivity contribution is 0.336. The number of aromatic nitrogens is 2. The average molecular weight is 398 g/mol. The molecule has 0 aliphatic heterocycles. The van der Waals surface area contributed by atoms with Crippen LogP contribution in [0.15, 0.2) is 35.1 Å². The van der Waals surface area contributed by atoms with E-state index in [4.69, 9.17) is 16.3 Å². The van der Waals surface area contributed by atoms with E-state index in [0.29, 0.717) is 30.8 Å². The van der Waals surface area contributed by atoms with E-state index in [1.54, 1.807) is 12.3 Å². The van der Waals surface area contributed by atoms with Crippen molar-refractivity contribution in [1.82, 2.24) is 9.97 Å². The van der Waals surface area contributed by atoms with E-state index in [9.17, 15) is 4.39 Å². The maximum Gasteiger partial charge on any atom is 0.142 e. The summed E-state index contributed by atoms with van der Waals surface area (Å²) in [6.07, 6.45) is 4.98. The van der Waals surface area contributed by atoms with Gasteiger partial charge in [-0.15, -0.1) is 0 Å². The molecule has 0 unspecified atom stereocenters. The van der Waals surface area contributed by atoms with Crippen molar-refractivity contribution in [1.29, 1.82) is 0 Å². The van der Waals surface area contributed by atoms with Crippen molar-refractivity contribution in [2.75, 3.05) is 6.61 Å². The Bertz CT molecular complexity index is 850. The quantitative estimate of drug-likeness (QED) is 0.634. The molecule has 0 saturated carbocycles. The second kappa shape index (κ2) is 6.89. The molecule has 0 spiro atoms. The first-order chi connectivity index (χ1) is 11.1. The van der Waals surface area contributed by atoms with Gasteiger partial charge in [-0.3, -0.25) is 0 Å². The summed E-state index contributed by atoms with van der Waals surface area (Å²) >= 11 is 9.57. The number of benzene rings is 1. The van der Waals surface area contributed by atoms with Gasteiger partial charge in [0.05, 0.1) is 11.6 Å². The van der Waals surface area contributed by atoms with Crippen LogP contribution in [0.25, 0.3) is 11.0 Å². The molecule has 1 aromatic carbocycles. The number of fused-ring (bicyclic) bond motifs is 1. The molecule has 6 heteroatoms. The first-order valence-corrected chi connectivity index (χ1v) is 8.48. The van der Waals surface area contributed by atoms with E-state index in [1.165, 1.54) is 6.07 Å². The number of hydrogen-bond donors (Lipinski definition) is 1. The Balaban J connectivity index is 1.90. The van der Waals surface area contributed by atoms with Gasteiger partial charge in [0.15, 0.2) is 0 Å². The Labute approximate surface area is 147 Å². The highest BCUT2D eigenvalue weighted by atomic mass is 79.9. The average Bonchev–Trinajstić information content (AvgIpc) is 2.93. The molecule has 3 rings (SSSR count). The molecule has 0 aliphatic rings. The number of nitrogens with zero attached hydrogens (tertiary/aromatic N) is 1. The lowest BCUT2D eigenvalue weighted by atomic mass is 10.0. The van der Waals surface area contributed by atoms with Crippen LogP contribution >= 0.6 is 27.5 Å². The summed E-state index contributed by atoms with van der Waals surface area (Å²) in [6, 6.07) is 4.99. The Morgan fingerprint density at radius 1 is 1.35 bits per heavy atom. The number of ether oxygens (including phenoxy) is 1. The van der Waals surface area contributed by atoms with E-state index < -0.39 is 5.82 Å². The number of halogens is 3. The Morgan fingerprint density at radius 3 is 2.96 bits per heavy atom. The molecule has 2 heterocycles. The van der Waals surface area contributed by atoms with Crippen molar-refractivity contribution >= 4 is 38.6 Å². The summed E-state index contributed by atoms with van der Waals surface area (Å²) in [5.41, 5.74) is 2.64. The zero-order valence-corrected chi connectivity index (χ0v) is 14.8. The Kier molecular flexibility index (Phi) is 4.87. The monoisotopic (exact) mass is 396 g/mol. The highest BCUT2D eigenvalue weighted by molar-refractivity contribution is 9.10. The topological polar surface area (TPSA) is 37.9 Å². The number of aromatic amines is 1. The highest BCUT2D eigenvalue weighted by Crippen LogP contribution is 2.31. The number of rotatable bonds is 5. The Hall–Kier alpha value is -1.59. The van der Waals surface area contributed by atoms with Gasteiger partial charge in [-0.2, -0.15) is 0 Å². The van der Waals surface area contributed by atoms with E-state index in [1.807, 2.05) is 19.2 Å². The van der Waals surface area contributed by atoms with Gasteiger partial charge >= 0.3 is 0 Å². The van der Waals surface area contributed by atoms with Gasteiger partial charge in [0.2, 0.25) is 0 Å². The van der Waals surface area contributed by atoms with Crippen LogP contribution in [-0.4, -0.2) is 16.6 Å². The summed E-state index contributed by atoms with van der Waals surface area (Å²) < 4.78 is 20.3. The molecule has 0 radical (unpaired) electrons. The normalized spacial score (nSPS) is 11.1. The van der Waals surface area contributed by atoms with Crippen LogP contribution in [0.3, 0.4) is 0 Å². The van der Waals surface area contributed by atoms with Crippen LogP contribution in [-0.2, 0) is 12.8 Å². The number of pyridine rings is 1.